The highest BCUT2D eigenvalue weighted by Crippen LogP contribution is 2.24. The van der Waals surface area contributed by atoms with Gasteiger partial charge in [-0.05, 0) is 18.8 Å². The van der Waals surface area contributed by atoms with Crippen molar-refractivity contribution in [3.63, 3.8) is 0 Å². The van der Waals surface area contributed by atoms with E-state index in [1.54, 1.807) is 0 Å². The summed E-state index contributed by atoms with van der Waals surface area (Å²) in [5, 5.41) is 11.7. The number of aliphatic carboxylic acids is 1. The van der Waals surface area contributed by atoms with Crippen LogP contribution in [0, 0.1) is 11.3 Å². The highest BCUT2D eigenvalue weighted by Gasteiger charge is 2.24. The summed E-state index contributed by atoms with van der Waals surface area (Å²) in [4.78, 5) is 22.5. The fourth-order valence-corrected chi connectivity index (χ4v) is 1.62. The van der Waals surface area contributed by atoms with Crippen LogP contribution in [0.2, 0.25) is 0 Å². The largest absolute Gasteiger partial charge is 0.481 e. The summed E-state index contributed by atoms with van der Waals surface area (Å²) in [5.74, 6) is -1.57. The Kier molecular flexibility index (Phi) is 7.59. The molecule has 0 bridgehead atoms. The molecule has 5 nitrogen and oxygen atoms in total. The van der Waals surface area contributed by atoms with Crippen LogP contribution in [0.15, 0.2) is 0 Å². The van der Waals surface area contributed by atoms with Gasteiger partial charge in [0.15, 0.2) is 0 Å². The summed E-state index contributed by atoms with van der Waals surface area (Å²) < 4.78 is 5.06. The molecule has 2 N–H and O–H groups in total. The van der Waals surface area contributed by atoms with Gasteiger partial charge >= 0.3 is 5.97 Å². The molecule has 0 saturated carbocycles. The number of nitrogens with one attached hydrogen (secondary N) is 1. The number of hydrogen-bond acceptors (Lipinski definition) is 3. The van der Waals surface area contributed by atoms with Crippen molar-refractivity contribution in [3.05, 3.63) is 0 Å². The molecule has 0 saturated heterocycles. The maximum atomic E-state index is 11.4. The summed E-state index contributed by atoms with van der Waals surface area (Å²) in [7, 11) is 0. The van der Waals surface area contributed by atoms with Crippen LogP contribution in [-0.2, 0) is 14.3 Å². The van der Waals surface area contributed by atoms with Crippen LogP contribution < -0.4 is 5.32 Å². The molecule has 1 unspecified atom stereocenters. The predicted octanol–water partition coefficient (Wildman–Crippen LogP) is 1.67. The van der Waals surface area contributed by atoms with E-state index in [1.807, 2.05) is 27.7 Å². The van der Waals surface area contributed by atoms with E-state index in [0.717, 1.165) is 0 Å². The lowest BCUT2D eigenvalue weighted by Gasteiger charge is -2.23. The zero-order chi connectivity index (χ0) is 14.2. The van der Waals surface area contributed by atoms with Crippen molar-refractivity contribution in [2.24, 2.45) is 11.3 Å². The minimum Gasteiger partial charge on any atom is -0.481 e. The number of carboxylic acid groups (broad SMARTS) is 1. The van der Waals surface area contributed by atoms with Gasteiger partial charge < -0.3 is 15.2 Å². The van der Waals surface area contributed by atoms with Crippen LogP contribution >= 0.6 is 0 Å². The van der Waals surface area contributed by atoms with Gasteiger partial charge in [-0.2, -0.15) is 0 Å². The Morgan fingerprint density at radius 1 is 1.33 bits per heavy atom. The van der Waals surface area contributed by atoms with Crippen molar-refractivity contribution in [2.75, 3.05) is 19.8 Å². The molecule has 18 heavy (non-hydrogen) atoms. The van der Waals surface area contributed by atoms with Crippen LogP contribution in [0.4, 0.5) is 0 Å². The first-order chi connectivity index (χ1) is 8.26. The molecule has 0 heterocycles. The maximum Gasteiger partial charge on any atom is 0.308 e. The molecule has 0 aromatic heterocycles. The topological polar surface area (TPSA) is 75.6 Å². The van der Waals surface area contributed by atoms with Crippen molar-refractivity contribution in [2.45, 2.75) is 40.5 Å². The lowest BCUT2D eigenvalue weighted by molar-refractivity contribution is -0.142. The predicted molar refractivity (Wildman–Crippen MR) is 69.3 cm³/mol. The molecule has 1 atom stereocenters. The number of amides is 1. The average molecular weight is 259 g/mol. The summed E-state index contributed by atoms with van der Waals surface area (Å²) in [6.45, 7) is 8.95. The van der Waals surface area contributed by atoms with Gasteiger partial charge in [0.1, 0.15) is 0 Å². The summed E-state index contributed by atoms with van der Waals surface area (Å²) >= 11 is 0. The number of carboxylic acids is 1. The van der Waals surface area contributed by atoms with Crippen LogP contribution in [0.1, 0.15) is 40.5 Å². The third-order valence-electron chi connectivity index (χ3n) is 2.43. The molecule has 0 radical (unpaired) electrons. The normalized spacial score (nSPS) is 13.1. The van der Waals surface area contributed by atoms with Gasteiger partial charge in [-0.1, -0.05) is 20.8 Å². The second-order valence-corrected chi connectivity index (χ2v) is 5.55. The minimum absolute atomic E-state index is 0.0703. The van der Waals surface area contributed by atoms with E-state index in [-0.39, 0.29) is 24.3 Å². The number of rotatable bonds is 8. The molecule has 0 aliphatic carbocycles. The van der Waals surface area contributed by atoms with Gasteiger partial charge in [0.25, 0.3) is 0 Å². The molecule has 0 fully saturated rings. The van der Waals surface area contributed by atoms with Gasteiger partial charge in [-0.3, -0.25) is 9.59 Å². The Bertz CT molecular complexity index is 271. The van der Waals surface area contributed by atoms with Crippen LogP contribution in [0.5, 0.6) is 0 Å². The van der Waals surface area contributed by atoms with Crippen molar-refractivity contribution in [1.82, 2.24) is 5.32 Å². The standard InChI is InChI=1S/C13H25NO4/c1-5-18-7-6-11(15)14-9-10(12(16)17)8-13(2,3)4/h10H,5-9H2,1-4H3,(H,14,15)(H,16,17). The molecule has 0 aliphatic heterocycles. The lowest BCUT2D eigenvalue weighted by atomic mass is 9.84. The highest BCUT2D eigenvalue weighted by molar-refractivity contribution is 5.77. The lowest BCUT2D eigenvalue weighted by Crippen LogP contribution is -2.35. The van der Waals surface area contributed by atoms with E-state index in [4.69, 9.17) is 9.84 Å². The Morgan fingerprint density at radius 3 is 2.39 bits per heavy atom. The number of carbonyl (C=O) groups is 2. The van der Waals surface area contributed by atoms with E-state index in [1.165, 1.54) is 0 Å². The van der Waals surface area contributed by atoms with Gasteiger partial charge in [-0.25, -0.2) is 0 Å². The molecular formula is C13H25NO4. The molecule has 5 heteroatoms. The van der Waals surface area contributed by atoms with Crippen molar-refractivity contribution in [1.29, 1.82) is 0 Å². The van der Waals surface area contributed by atoms with Crippen molar-refractivity contribution >= 4 is 11.9 Å². The molecule has 0 rings (SSSR count). The number of ether oxygens (including phenoxy) is 1. The van der Waals surface area contributed by atoms with Gasteiger partial charge in [0.05, 0.1) is 12.5 Å². The minimum atomic E-state index is -0.866. The smallest absolute Gasteiger partial charge is 0.308 e. The maximum absolute atomic E-state index is 11.4. The first-order valence-electron chi connectivity index (χ1n) is 6.33. The summed E-state index contributed by atoms with van der Waals surface area (Å²) in [6, 6.07) is 0. The highest BCUT2D eigenvalue weighted by atomic mass is 16.5. The van der Waals surface area contributed by atoms with Crippen LogP contribution in [-0.4, -0.2) is 36.7 Å². The Morgan fingerprint density at radius 2 is 1.94 bits per heavy atom. The quantitative estimate of drug-likeness (QED) is 0.650. The molecule has 0 aromatic rings. The number of carbonyl (C=O) groups excluding carboxylic acids is 1. The van der Waals surface area contributed by atoms with E-state index in [0.29, 0.717) is 19.6 Å². The first kappa shape index (κ1) is 16.9. The monoisotopic (exact) mass is 259 g/mol. The van der Waals surface area contributed by atoms with E-state index in [2.05, 4.69) is 5.32 Å². The average Bonchev–Trinajstić information content (AvgIpc) is 2.22. The molecule has 0 aliphatic rings. The van der Waals surface area contributed by atoms with Gasteiger partial charge in [0, 0.05) is 19.6 Å². The third kappa shape index (κ3) is 8.98. The zero-order valence-electron chi connectivity index (χ0n) is 11.8. The third-order valence-corrected chi connectivity index (χ3v) is 2.43. The fourth-order valence-electron chi connectivity index (χ4n) is 1.62. The number of hydrogen-bond donors (Lipinski definition) is 2. The molecule has 1 amide bonds. The fraction of sp³-hybridized carbons (Fsp3) is 0.846. The Hall–Kier alpha value is -1.10. The molecule has 106 valence electrons. The van der Waals surface area contributed by atoms with E-state index < -0.39 is 11.9 Å². The van der Waals surface area contributed by atoms with Crippen molar-refractivity contribution in [3.8, 4) is 0 Å². The Labute approximate surface area is 109 Å². The summed E-state index contributed by atoms with van der Waals surface area (Å²) in [6.07, 6.45) is 0.809. The van der Waals surface area contributed by atoms with Gasteiger partial charge in [-0.15, -0.1) is 0 Å². The second kappa shape index (κ2) is 8.08. The SMILES string of the molecule is CCOCCC(=O)NCC(CC(C)(C)C)C(=O)O. The van der Waals surface area contributed by atoms with E-state index >= 15 is 0 Å². The van der Waals surface area contributed by atoms with Gasteiger partial charge in [0.2, 0.25) is 5.91 Å². The van der Waals surface area contributed by atoms with E-state index in [9.17, 15) is 9.59 Å². The first-order valence-corrected chi connectivity index (χ1v) is 6.33. The van der Waals surface area contributed by atoms with Crippen LogP contribution in [0.3, 0.4) is 0 Å². The Balaban J connectivity index is 4.04. The summed E-state index contributed by atoms with van der Waals surface area (Å²) in [5.41, 5.74) is -0.0703. The van der Waals surface area contributed by atoms with Crippen molar-refractivity contribution < 1.29 is 19.4 Å². The zero-order valence-corrected chi connectivity index (χ0v) is 11.8. The second-order valence-electron chi connectivity index (χ2n) is 5.55. The molecule has 0 aromatic carbocycles. The van der Waals surface area contributed by atoms with Crippen LogP contribution in [0.25, 0.3) is 0 Å². The molecule has 0 spiro atoms. The molecular weight excluding hydrogens is 234 g/mol.